The highest BCUT2D eigenvalue weighted by Gasteiger charge is 2.10. The quantitative estimate of drug-likeness (QED) is 0.347. The van der Waals surface area contributed by atoms with Gasteiger partial charge in [0, 0.05) is 17.0 Å². The van der Waals surface area contributed by atoms with E-state index in [4.69, 9.17) is 0 Å². The van der Waals surface area contributed by atoms with Crippen LogP contribution in [0.5, 0.6) is 5.75 Å². The smallest absolute Gasteiger partial charge is 0.387 e. The van der Waals surface area contributed by atoms with Gasteiger partial charge in [-0.3, -0.25) is 0 Å². The minimum absolute atomic E-state index is 0. The van der Waals surface area contributed by atoms with Crippen LogP contribution in [0.15, 0.2) is 40.7 Å². The Morgan fingerprint density at radius 2 is 2.08 bits per heavy atom. The van der Waals surface area contributed by atoms with Crippen molar-refractivity contribution >= 4 is 41.3 Å². The number of nitrogens with zero attached hydrogens (tertiary/aromatic N) is 1. The fourth-order valence-corrected chi connectivity index (χ4v) is 2.78. The summed E-state index contributed by atoms with van der Waals surface area (Å²) in [6, 6.07) is 9.14. The summed E-state index contributed by atoms with van der Waals surface area (Å²) in [5, 5.41) is 8.39. The number of aliphatic imine (C=N–C) groups is 1. The van der Waals surface area contributed by atoms with E-state index >= 15 is 0 Å². The highest BCUT2D eigenvalue weighted by molar-refractivity contribution is 14.0. The van der Waals surface area contributed by atoms with Crippen molar-refractivity contribution in [3.63, 3.8) is 0 Å². The number of hydrogen-bond acceptors (Lipinski definition) is 3. The Balaban J connectivity index is 0.00000312. The second kappa shape index (κ2) is 11.2. The van der Waals surface area contributed by atoms with Gasteiger partial charge < -0.3 is 15.4 Å². The third kappa shape index (κ3) is 7.55. The summed E-state index contributed by atoms with van der Waals surface area (Å²) in [6.07, 6.45) is 0. The third-order valence-electron chi connectivity index (χ3n) is 3.19. The monoisotopic (exact) mass is 481 g/mol. The first kappa shape index (κ1) is 21.6. The maximum Gasteiger partial charge on any atom is 0.387 e. The number of aryl methyl sites for hydroxylation is 1. The molecule has 0 amide bonds. The molecular formula is C17H22F2IN3OS. The molecule has 0 spiro atoms. The average molecular weight is 481 g/mol. The van der Waals surface area contributed by atoms with Crippen LogP contribution in [0.1, 0.15) is 22.9 Å². The van der Waals surface area contributed by atoms with Gasteiger partial charge in [-0.25, -0.2) is 4.99 Å². The minimum atomic E-state index is -2.85. The van der Waals surface area contributed by atoms with E-state index in [-0.39, 0.29) is 36.3 Å². The molecule has 2 N–H and O–H groups in total. The summed E-state index contributed by atoms with van der Waals surface area (Å²) >= 11 is 1.66. The minimum Gasteiger partial charge on any atom is -0.434 e. The van der Waals surface area contributed by atoms with Gasteiger partial charge in [-0.1, -0.05) is 23.8 Å². The first-order valence-corrected chi connectivity index (χ1v) is 8.55. The van der Waals surface area contributed by atoms with Crippen molar-refractivity contribution in [1.29, 1.82) is 0 Å². The molecule has 0 fully saturated rings. The van der Waals surface area contributed by atoms with E-state index in [2.05, 4.69) is 20.4 Å². The number of ether oxygens (including phenoxy) is 1. The zero-order valence-corrected chi connectivity index (χ0v) is 17.2. The lowest BCUT2D eigenvalue weighted by molar-refractivity contribution is -0.0504. The van der Waals surface area contributed by atoms with Crippen LogP contribution in [0.3, 0.4) is 0 Å². The van der Waals surface area contributed by atoms with Crippen molar-refractivity contribution < 1.29 is 13.5 Å². The van der Waals surface area contributed by atoms with E-state index in [0.29, 0.717) is 24.6 Å². The van der Waals surface area contributed by atoms with Crippen LogP contribution in [0.4, 0.5) is 8.78 Å². The van der Waals surface area contributed by atoms with Gasteiger partial charge in [0.15, 0.2) is 5.96 Å². The molecule has 0 radical (unpaired) electrons. The second-order valence-electron chi connectivity index (χ2n) is 5.12. The van der Waals surface area contributed by atoms with Gasteiger partial charge in [0.2, 0.25) is 0 Å². The molecule has 0 saturated heterocycles. The molecule has 8 heteroatoms. The topological polar surface area (TPSA) is 45.7 Å². The molecule has 1 heterocycles. The van der Waals surface area contributed by atoms with Crippen LogP contribution in [0.25, 0.3) is 0 Å². The molecule has 0 atom stereocenters. The van der Waals surface area contributed by atoms with E-state index in [0.717, 1.165) is 5.56 Å². The van der Waals surface area contributed by atoms with Crippen molar-refractivity contribution in [2.45, 2.75) is 33.5 Å². The maximum atomic E-state index is 12.5. The van der Waals surface area contributed by atoms with Crippen LogP contribution in [-0.2, 0) is 13.1 Å². The number of alkyl halides is 2. The number of benzene rings is 1. The first-order valence-electron chi connectivity index (χ1n) is 7.67. The molecule has 4 nitrogen and oxygen atoms in total. The van der Waals surface area contributed by atoms with Gasteiger partial charge in [0.25, 0.3) is 0 Å². The van der Waals surface area contributed by atoms with Crippen LogP contribution in [0, 0.1) is 6.92 Å². The number of guanidine groups is 1. The largest absolute Gasteiger partial charge is 0.434 e. The molecule has 1 aromatic heterocycles. The molecule has 0 unspecified atom stereocenters. The van der Waals surface area contributed by atoms with Gasteiger partial charge in [-0.05, 0) is 31.4 Å². The van der Waals surface area contributed by atoms with Crippen molar-refractivity contribution in [3.8, 4) is 5.75 Å². The van der Waals surface area contributed by atoms with Crippen LogP contribution in [-0.4, -0.2) is 19.1 Å². The Morgan fingerprint density at radius 3 is 2.72 bits per heavy atom. The summed E-state index contributed by atoms with van der Waals surface area (Å²) in [5.74, 6) is 0.795. The average Bonchev–Trinajstić information content (AvgIpc) is 3.05. The molecule has 138 valence electrons. The van der Waals surface area contributed by atoms with Gasteiger partial charge in [-0.15, -0.1) is 35.3 Å². The molecule has 1 aromatic carbocycles. The molecule has 0 bridgehead atoms. The first-order chi connectivity index (χ1) is 11.6. The number of nitrogens with one attached hydrogen (secondary N) is 2. The molecule has 25 heavy (non-hydrogen) atoms. The predicted molar refractivity (Wildman–Crippen MR) is 109 cm³/mol. The fraction of sp³-hybridized carbons (Fsp3) is 0.353. The SMILES string of the molecule is CCNC(=NCc1cc(C)ccc1OC(F)F)NCc1cccs1.I. The zero-order chi connectivity index (χ0) is 17.4. The van der Waals surface area contributed by atoms with Crippen LogP contribution in [0.2, 0.25) is 0 Å². The van der Waals surface area contributed by atoms with E-state index < -0.39 is 6.61 Å². The van der Waals surface area contributed by atoms with Gasteiger partial charge in [-0.2, -0.15) is 8.78 Å². The van der Waals surface area contributed by atoms with Crippen LogP contribution < -0.4 is 15.4 Å². The van der Waals surface area contributed by atoms with E-state index in [9.17, 15) is 8.78 Å². The third-order valence-corrected chi connectivity index (χ3v) is 4.07. The van der Waals surface area contributed by atoms with Gasteiger partial charge in [0.05, 0.1) is 13.1 Å². The fourth-order valence-electron chi connectivity index (χ4n) is 2.13. The van der Waals surface area contributed by atoms with Crippen molar-refractivity contribution in [3.05, 3.63) is 51.7 Å². The maximum absolute atomic E-state index is 12.5. The Labute approximate surface area is 167 Å². The summed E-state index contributed by atoms with van der Waals surface area (Å²) < 4.78 is 29.6. The molecule has 0 aliphatic carbocycles. The molecule has 2 aromatic rings. The summed E-state index contributed by atoms with van der Waals surface area (Å²) in [5.41, 5.74) is 1.60. The lowest BCUT2D eigenvalue weighted by Crippen LogP contribution is -2.36. The van der Waals surface area contributed by atoms with Crippen molar-refractivity contribution in [2.24, 2.45) is 4.99 Å². The number of hydrogen-bond donors (Lipinski definition) is 2. The van der Waals surface area contributed by atoms with Gasteiger partial charge in [0.1, 0.15) is 5.75 Å². The summed E-state index contributed by atoms with van der Waals surface area (Å²) in [6.45, 7) is 2.66. The lowest BCUT2D eigenvalue weighted by Gasteiger charge is -2.13. The Morgan fingerprint density at radius 1 is 1.28 bits per heavy atom. The summed E-state index contributed by atoms with van der Waals surface area (Å²) in [4.78, 5) is 5.66. The van der Waals surface area contributed by atoms with Crippen LogP contribution >= 0.6 is 35.3 Å². The highest BCUT2D eigenvalue weighted by atomic mass is 127. The Kier molecular flexibility index (Phi) is 9.73. The van der Waals surface area contributed by atoms with E-state index in [1.807, 2.05) is 37.4 Å². The zero-order valence-electron chi connectivity index (χ0n) is 14.1. The highest BCUT2D eigenvalue weighted by Crippen LogP contribution is 2.22. The summed E-state index contributed by atoms with van der Waals surface area (Å²) in [7, 11) is 0. The Hall–Kier alpha value is -1.42. The van der Waals surface area contributed by atoms with E-state index in [1.54, 1.807) is 23.5 Å². The number of halogens is 3. The van der Waals surface area contributed by atoms with Crippen molar-refractivity contribution in [1.82, 2.24) is 10.6 Å². The molecule has 0 aliphatic heterocycles. The Bertz CT molecular complexity index is 666. The van der Waals surface area contributed by atoms with E-state index in [1.165, 1.54) is 4.88 Å². The molecular weight excluding hydrogens is 459 g/mol. The number of rotatable bonds is 7. The number of thiophene rings is 1. The van der Waals surface area contributed by atoms with Crippen molar-refractivity contribution in [2.75, 3.05) is 6.54 Å². The predicted octanol–water partition coefficient (Wildman–Crippen LogP) is 4.53. The lowest BCUT2D eigenvalue weighted by atomic mass is 10.1. The molecule has 2 rings (SSSR count). The second-order valence-corrected chi connectivity index (χ2v) is 6.15. The molecule has 0 aliphatic rings. The normalized spacial score (nSPS) is 11.2. The standard InChI is InChI=1S/C17H21F2N3OS.HI/c1-3-20-17(22-11-14-5-4-8-24-14)21-10-13-9-12(2)6-7-15(13)23-16(18)19;/h4-9,16H,3,10-11H2,1-2H3,(H2,20,21,22);1H. The van der Waals surface area contributed by atoms with Gasteiger partial charge >= 0.3 is 6.61 Å². The molecule has 0 saturated carbocycles.